The molecule has 0 bridgehead atoms. The molecule has 3 nitrogen and oxygen atoms in total. The van der Waals surface area contributed by atoms with E-state index in [0.29, 0.717) is 6.42 Å². The second-order valence-electron chi connectivity index (χ2n) is 6.33. The number of benzene rings is 1. The molecule has 4 heteroatoms. The first-order valence-electron chi connectivity index (χ1n) is 7.58. The van der Waals surface area contributed by atoms with E-state index in [4.69, 9.17) is 14.6 Å². The summed E-state index contributed by atoms with van der Waals surface area (Å²) in [6.45, 7) is 6.14. The highest BCUT2D eigenvalue weighted by atomic mass is 127. The van der Waals surface area contributed by atoms with Crippen molar-refractivity contribution in [1.29, 1.82) is 0 Å². The zero-order chi connectivity index (χ0) is 16.2. The first-order chi connectivity index (χ1) is 10.4. The van der Waals surface area contributed by atoms with Gasteiger partial charge in [-0.05, 0) is 49.2 Å². The van der Waals surface area contributed by atoms with Crippen LogP contribution >= 0.6 is 22.6 Å². The lowest BCUT2D eigenvalue weighted by molar-refractivity contribution is -0.161. The van der Waals surface area contributed by atoms with Gasteiger partial charge in [0.15, 0.2) is 5.79 Å². The van der Waals surface area contributed by atoms with Crippen LogP contribution in [0.5, 0.6) is 0 Å². The van der Waals surface area contributed by atoms with Crippen LogP contribution in [-0.2, 0) is 15.9 Å². The van der Waals surface area contributed by atoms with Gasteiger partial charge in [-0.25, -0.2) is 0 Å². The third kappa shape index (κ3) is 4.23. The summed E-state index contributed by atoms with van der Waals surface area (Å²) in [5.74, 6) is 2.54. The minimum atomic E-state index is -0.598. The Morgan fingerprint density at radius 2 is 2.00 bits per heavy atom. The van der Waals surface area contributed by atoms with Crippen LogP contribution in [0.15, 0.2) is 24.3 Å². The van der Waals surface area contributed by atoms with Gasteiger partial charge < -0.3 is 14.6 Å². The Bertz CT molecular complexity index is 573. The summed E-state index contributed by atoms with van der Waals surface area (Å²) >= 11 is 2.06. The second-order valence-corrected chi connectivity index (χ2v) is 6.87. The SMILES string of the molecule is CC1(C)O[C@@H](Cc2ccccc2C#CI)[C@](C)(CCCO)O1. The van der Waals surface area contributed by atoms with Crippen LogP contribution in [0.3, 0.4) is 0 Å². The standard InChI is InChI=1S/C18H23IO3/c1-17(2)21-16(18(3,22-17)10-6-12-20)13-15-8-5-4-7-14(15)9-11-19/h4-5,7-8,16,20H,6,10,12-13H2,1-3H3/t16-,18-/m0/s1. The molecule has 1 aliphatic rings. The number of hydrogen-bond acceptors (Lipinski definition) is 3. The molecule has 0 aliphatic carbocycles. The van der Waals surface area contributed by atoms with Crippen LogP contribution in [0.2, 0.25) is 0 Å². The maximum absolute atomic E-state index is 9.15. The second kappa shape index (κ2) is 7.31. The zero-order valence-electron chi connectivity index (χ0n) is 13.4. The molecule has 1 N–H and O–H groups in total. The summed E-state index contributed by atoms with van der Waals surface area (Å²) in [5.41, 5.74) is 1.82. The number of halogens is 1. The molecule has 0 spiro atoms. The van der Waals surface area contributed by atoms with E-state index in [9.17, 15) is 0 Å². The molecule has 1 heterocycles. The molecule has 2 atom stereocenters. The van der Waals surface area contributed by atoms with E-state index in [0.717, 1.165) is 18.4 Å². The lowest BCUT2D eigenvalue weighted by Gasteiger charge is -2.29. The highest BCUT2D eigenvalue weighted by molar-refractivity contribution is 14.1. The van der Waals surface area contributed by atoms with Crippen LogP contribution < -0.4 is 0 Å². The molecule has 120 valence electrons. The minimum absolute atomic E-state index is 0.0498. The van der Waals surface area contributed by atoms with Crippen molar-refractivity contribution in [3.05, 3.63) is 35.4 Å². The third-order valence-corrected chi connectivity index (χ3v) is 4.29. The Kier molecular flexibility index (Phi) is 5.89. The van der Waals surface area contributed by atoms with E-state index in [1.807, 2.05) is 32.0 Å². The topological polar surface area (TPSA) is 38.7 Å². The molecule has 0 amide bonds. The number of aliphatic hydroxyl groups excluding tert-OH is 1. The smallest absolute Gasteiger partial charge is 0.164 e. The van der Waals surface area contributed by atoms with Crippen LogP contribution in [0.4, 0.5) is 0 Å². The fourth-order valence-corrected chi connectivity index (χ4v) is 3.38. The summed E-state index contributed by atoms with van der Waals surface area (Å²) < 4.78 is 15.2. The number of hydrogen-bond donors (Lipinski definition) is 1. The van der Waals surface area contributed by atoms with Gasteiger partial charge in [-0.15, -0.1) is 0 Å². The first kappa shape index (κ1) is 17.7. The lowest BCUT2D eigenvalue weighted by atomic mass is 9.88. The largest absolute Gasteiger partial charge is 0.396 e. The van der Waals surface area contributed by atoms with E-state index in [1.165, 1.54) is 5.56 Å². The van der Waals surface area contributed by atoms with Crippen LogP contribution in [-0.4, -0.2) is 29.2 Å². The molecule has 1 fully saturated rings. The van der Waals surface area contributed by atoms with Crippen molar-refractivity contribution in [2.24, 2.45) is 0 Å². The third-order valence-electron chi connectivity index (χ3n) is 4.02. The molecule has 2 rings (SSSR count). The van der Waals surface area contributed by atoms with Gasteiger partial charge >= 0.3 is 0 Å². The Morgan fingerprint density at radius 1 is 1.27 bits per heavy atom. The van der Waals surface area contributed by atoms with Crippen molar-refractivity contribution in [2.75, 3.05) is 6.61 Å². The van der Waals surface area contributed by atoms with Gasteiger partial charge in [0.05, 0.1) is 11.7 Å². The molecule has 0 radical (unpaired) electrons. The Morgan fingerprint density at radius 3 is 2.68 bits per heavy atom. The maximum atomic E-state index is 9.15. The molecule has 1 aliphatic heterocycles. The summed E-state index contributed by atoms with van der Waals surface area (Å²) in [4.78, 5) is 0. The molecule has 22 heavy (non-hydrogen) atoms. The van der Waals surface area contributed by atoms with E-state index in [-0.39, 0.29) is 12.7 Å². The Labute approximate surface area is 146 Å². The van der Waals surface area contributed by atoms with Crippen LogP contribution in [0, 0.1) is 9.85 Å². The van der Waals surface area contributed by atoms with Crippen molar-refractivity contribution in [3.63, 3.8) is 0 Å². The van der Waals surface area contributed by atoms with Gasteiger partial charge in [-0.1, -0.05) is 24.1 Å². The van der Waals surface area contributed by atoms with E-state index >= 15 is 0 Å². The van der Waals surface area contributed by atoms with Crippen molar-refractivity contribution in [1.82, 2.24) is 0 Å². The van der Waals surface area contributed by atoms with Crippen LogP contribution in [0.1, 0.15) is 44.7 Å². The molecule has 0 unspecified atom stereocenters. The Balaban J connectivity index is 2.24. The zero-order valence-corrected chi connectivity index (χ0v) is 15.5. The summed E-state index contributed by atoms with van der Waals surface area (Å²) in [5, 5.41) is 9.15. The average molecular weight is 414 g/mol. The summed E-state index contributed by atoms with van der Waals surface area (Å²) in [6.07, 6.45) is 2.19. The monoisotopic (exact) mass is 414 g/mol. The first-order valence-corrected chi connectivity index (χ1v) is 8.66. The number of aliphatic hydroxyl groups is 1. The van der Waals surface area contributed by atoms with Crippen LogP contribution in [0.25, 0.3) is 0 Å². The van der Waals surface area contributed by atoms with Gasteiger partial charge in [0.2, 0.25) is 0 Å². The van der Waals surface area contributed by atoms with Gasteiger partial charge in [0.1, 0.15) is 0 Å². The molecular formula is C18H23IO3. The highest BCUT2D eigenvalue weighted by Gasteiger charge is 2.49. The fourth-order valence-electron chi connectivity index (χ4n) is 3.09. The lowest BCUT2D eigenvalue weighted by Crippen LogP contribution is -2.38. The van der Waals surface area contributed by atoms with Gasteiger partial charge in [0.25, 0.3) is 0 Å². The highest BCUT2D eigenvalue weighted by Crippen LogP contribution is 2.40. The predicted octanol–water partition coefficient (Wildman–Crippen LogP) is 3.66. The molecule has 1 saturated heterocycles. The summed E-state index contributed by atoms with van der Waals surface area (Å²) in [6, 6.07) is 8.16. The van der Waals surface area contributed by atoms with E-state index in [1.54, 1.807) is 0 Å². The molecular weight excluding hydrogens is 391 g/mol. The molecule has 1 aromatic carbocycles. The van der Waals surface area contributed by atoms with E-state index < -0.39 is 11.4 Å². The van der Waals surface area contributed by atoms with Gasteiger partial charge in [0, 0.05) is 41.2 Å². The molecule has 0 aromatic heterocycles. The van der Waals surface area contributed by atoms with Gasteiger partial charge in [-0.3, -0.25) is 0 Å². The van der Waals surface area contributed by atoms with Crippen molar-refractivity contribution in [3.8, 4) is 9.85 Å². The Hall–Kier alpha value is -0.610. The normalized spacial score (nSPS) is 26.5. The number of ether oxygens (including phenoxy) is 2. The quantitative estimate of drug-likeness (QED) is 0.591. The molecule has 1 aromatic rings. The van der Waals surface area contributed by atoms with Crippen molar-refractivity contribution in [2.45, 2.75) is 57.5 Å². The minimum Gasteiger partial charge on any atom is -0.396 e. The predicted molar refractivity (Wildman–Crippen MR) is 95.8 cm³/mol. The maximum Gasteiger partial charge on any atom is 0.164 e. The summed E-state index contributed by atoms with van der Waals surface area (Å²) in [7, 11) is 0. The van der Waals surface area contributed by atoms with Gasteiger partial charge in [-0.2, -0.15) is 0 Å². The van der Waals surface area contributed by atoms with Crippen molar-refractivity contribution < 1.29 is 14.6 Å². The van der Waals surface area contributed by atoms with E-state index in [2.05, 4.69) is 45.4 Å². The fraction of sp³-hybridized carbons (Fsp3) is 0.556. The number of rotatable bonds is 5. The average Bonchev–Trinajstić information content (AvgIpc) is 2.69. The van der Waals surface area contributed by atoms with Crippen molar-refractivity contribution >= 4 is 22.6 Å². The molecule has 0 saturated carbocycles.